The van der Waals surface area contributed by atoms with E-state index in [1.807, 2.05) is 0 Å². The van der Waals surface area contributed by atoms with Crippen molar-refractivity contribution in [3.8, 4) is 0 Å². The van der Waals surface area contributed by atoms with Crippen molar-refractivity contribution >= 4 is 17.8 Å². The lowest BCUT2D eigenvalue weighted by molar-refractivity contribution is -0.486. The summed E-state index contributed by atoms with van der Waals surface area (Å²) in [6.45, 7) is 7.70. The van der Waals surface area contributed by atoms with Gasteiger partial charge >= 0.3 is 12.1 Å². The molecule has 2 amide bonds. The zero-order valence-corrected chi connectivity index (χ0v) is 20.3. The fourth-order valence-corrected chi connectivity index (χ4v) is 3.60. The number of nitro groups is 1. The fraction of sp³-hybridized carbons (Fsp3) is 0.609. The molecule has 0 unspecified atom stereocenters. The molecule has 0 aliphatic rings. The number of benzene rings is 1. The minimum Gasteiger partial charge on any atom is -0.480 e. The molecule has 12 heteroatoms. The highest BCUT2D eigenvalue weighted by atomic mass is 19.4. The number of nitrogens with zero attached hydrogens (tertiary/aromatic N) is 1. The van der Waals surface area contributed by atoms with Crippen LogP contribution in [0.2, 0.25) is 0 Å². The molecule has 1 rings (SSSR count). The van der Waals surface area contributed by atoms with E-state index >= 15 is 0 Å². The summed E-state index contributed by atoms with van der Waals surface area (Å²) < 4.78 is 39.9. The molecule has 0 radical (unpaired) electrons. The number of alkyl halides is 3. The third-order valence-corrected chi connectivity index (χ3v) is 5.27. The number of hydrogen-bond donors (Lipinski definition) is 3. The van der Waals surface area contributed by atoms with Crippen LogP contribution in [-0.2, 0) is 27.0 Å². The zero-order valence-electron chi connectivity index (χ0n) is 20.3. The third kappa shape index (κ3) is 9.53. The van der Waals surface area contributed by atoms with Crippen molar-refractivity contribution in [1.82, 2.24) is 10.6 Å². The van der Waals surface area contributed by atoms with Crippen molar-refractivity contribution in [3.05, 3.63) is 45.5 Å². The fourth-order valence-electron chi connectivity index (χ4n) is 3.60. The second-order valence-corrected chi connectivity index (χ2v) is 9.91. The Hall–Kier alpha value is -3.18. The first-order chi connectivity index (χ1) is 15.9. The highest BCUT2D eigenvalue weighted by molar-refractivity contribution is 5.91. The molecule has 9 nitrogen and oxygen atoms in total. The number of hydrogen-bond acceptors (Lipinski definition) is 5. The molecule has 1 aromatic carbocycles. The number of rotatable bonds is 11. The van der Waals surface area contributed by atoms with Gasteiger partial charge in [0.1, 0.15) is 18.0 Å². The topological polar surface area (TPSA) is 139 Å². The highest BCUT2D eigenvalue weighted by Gasteiger charge is 2.38. The minimum atomic E-state index is -4.71. The SMILES string of the molecule is CC(C)C[C@H](C[N+](=O)[O-])C(=O)N[C@H](C(=O)N[C@@H](Cc1ccccc1C(F)(F)F)C(=O)O)C(C)(C)C. The molecule has 0 saturated carbocycles. The molecule has 0 fully saturated rings. The van der Waals surface area contributed by atoms with Crippen molar-refractivity contribution in [2.75, 3.05) is 6.54 Å². The van der Waals surface area contributed by atoms with Crippen molar-refractivity contribution in [3.63, 3.8) is 0 Å². The standard InChI is InChI=1S/C23H32F3N3O6/c1-13(2)10-15(12-29(34)35)19(30)28-18(22(3,4)5)20(31)27-17(21(32)33)11-14-8-6-7-9-16(14)23(24,25)26/h6-9,13,15,17-18H,10-12H2,1-5H3,(H,27,31)(H,28,30)(H,32,33)/t15-,17+,18-/m1/s1. The van der Waals surface area contributed by atoms with Gasteiger partial charge in [-0.3, -0.25) is 19.7 Å². The minimum absolute atomic E-state index is 0.0438. The Morgan fingerprint density at radius 3 is 2.09 bits per heavy atom. The van der Waals surface area contributed by atoms with Crippen LogP contribution in [0.1, 0.15) is 52.2 Å². The summed E-state index contributed by atoms with van der Waals surface area (Å²) in [4.78, 5) is 48.0. The number of amides is 2. The molecule has 35 heavy (non-hydrogen) atoms. The lowest BCUT2D eigenvalue weighted by Crippen LogP contribution is -2.58. The molecule has 196 valence electrons. The number of nitrogens with one attached hydrogen (secondary N) is 2. The Kier molecular flexibility index (Phi) is 10.2. The van der Waals surface area contributed by atoms with Crippen molar-refractivity contribution in [1.29, 1.82) is 0 Å². The van der Waals surface area contributed by atoms with Crippen LogP contribution in [0.5, 0.6) is 0 Å². The maximum absolute atomic E-state index is 13.3. The van der Waals surface area contributed by atoms with Crippen molar-refractivity contribution in [2.45, 2.75) is 65.7 Å². The number of carboxylic acid groups (broad SMARTS) is 1. The Bertz CT molecular complexity index is 928. The van der Waals surface area contributed by atoms with E-state index in [-0.39, 0.29) is 17.9 Å². The van der Waals surface area contributed by atoms with E-state index in [9.17, 15) is 42.8 Å². The first-order valence-electron chi connectivity index (χ1n) is 11.0. The van der Waals surface area contributed by atoms with Crippen LogP contribution in [0.3, 0.4) is 0 Å². The molecule has 0 saturated heterocycles. The van der Waals surface area contributed by atoms with Crippen LogP contribution in [-0.4, -0.2) is 46.4 Å². The number of carbonyl (C=O) groups excluding carboxylic acids is 2. The molecule has 0 aromatic heterocycles. The van der Waals surface area contributed by atoms with E-state index < -0.39 is 70.8 Å². The summed E-state index contributed by atoms with van der Waals surface area (Å²) in [5.74, 6) is -4.28. The second-order valence-electron chi connectivity index (χ2n) is 9.91. The molecule has 3 N–H and O–H groups in total. The van der Waals surface area contributed by atoms with Crippen LogP contribution in [0.4, 0.5) is 13.2 Å². The van der Waals surface area contributed by atoms with Gasteiger partial charge in [0.05, 0.1) is 5.56 Å². The predicted molar refractivity (Wildman–Crippen MR) is 121 cm³/mol. The van der Waals surface area contributed by atoms with Gasteiger partial charge in [0, 0.05) is 11.3 Å². The van der Waals surface area contributed by atoms with E-state index in [1.165, 1.54) is 12.1 Å². The van der Waals surface area contributed by atoms with E-state index in [4.69, 9.17) is 0 Å². The Balaban J connectivity index is 3.16. The van der Waals surface area contributed by atoms with Gasteiger partial charge in [-0.1, -0.05) is 52.8 Å². The molecule has 1 aromatic rings. The second kappa shape index (κ2) is 12.0. The quantitative estimate of drug-likeness (QED) is 0.313. The van der Waals surface area contributed by atoms with Gasteiger partial charge in [-0.25, -0.2) is 4.79 Å². The van der Waals surface area contributed by atoms with Gasteiger partial charge in [-0.2, -0.15) is 13.2 Å². The zero-order chi connectivity index (χ0) is 27.1. The first kappa shape index (κ1) is 29.9. The van der Waals surface area contributed by atoms with Crippen LogP contribution in [0, 0.1) is 27.4 Å². The Labute approximate surface area is 201 Å². The van der Waals surface area contributed by atoms with E-state index in [0.29, 0.717) is 0 Å². The van der Waals surface area contributed by atoms with Gasteiger partial charge in [0.15, 0.2) is 0 Å². The van der Waals surface area contributed by atoms with Gasteiger partial charge < -0.3 is 15.7 Å². The molecular formula is C23H32F3N3O6. The van der Waals surface area contributed by atoms with Crippen LogP contribution < -0.4 is 10.6 Å². The van der Waals surface area contributed by atoms with Crippen LogP contribution in [0.15, 0.2) is 24.3 Å². The molecule has 0 aliphatic carbocycles. The van der Waals surface area contributed by atoms with E-state index in [1.54, 1.807) is 34.6 Å². The van der Waals surface area contributed by atoms with E-state index in [0.717, 1.165) is 12.1 Å². The highest BCUT2D eigenvalue weighted by Crippen LogP contribution is 2.32. The summed E-state index contributed by atoms with van der Waals surface area (Å²) in [7, 11) is 0. The predicted octanol–water partition coefficient (Wildman–Crippen LogP) is 3.29. The smallest absolute Gasteiger partial charge is 0.416 e. The number of carbonyl (C=O) groups is 3. The normalized spacial score (nSPS) is 14.7. The average Bonchev–Trinajstić information content (AvgIpc) is 2.68. The molecule has 0 bridgehead atoms. The molecular weight excluding hydrogens is 471 g/mol. The van der Waals surface area contributed by atoms with E-state index in [2.05, 4.69) is 10.6 Å². The van der Waals surface area contributed by atoms with Crippen LogP contribution >= 0.6 is 0 Å². The molecule has 0 aliphatic heterocycles. The van der Waals surface area contributed by atoms with Gasteiger partial charge in [0.2, 0.25) is 18.4 Å². The number of carboxylic acids is 1. The maximum Gasteiger partial charge on any atom is 0.416 e. The van der Waals surface area contributed by atoms with Crippen molar-refractivity contribution < 1.29 is 37.6 Å². The molecule has 3 atom stereocenters. The summed E-state index contributed by atoms with van der Waals surface area (Å²) in [6, 6.07) is 1.44. The number of aliphatic carboxylic acids is 1. The summed E-state index contributed by atoms with van der Waals surface area (Å²) in [5, 5.41) is 25.3. The van der Waals surface area contributed by atoms with Crippen molar-refractivity contribution in [2.24, 2.45) is 17.3 Å². The van der Waals surface area contributed by atoms with Gasteiger partial charge in [0.25, 0.3) is 0 Å². The average molecular weight is 504 g/mol. The lowest BCUT2D eigenvalue weighted by Gasteiger charge is -2.32. The monoisotopic (exact) mass is 503 g/mol. The molecule has 0 heterocycles. The Morgan fingerprint density at radius 1 is 1.06 bits per heavy atom. The van der Waals surface area contributed by atoms with Crippen LogP contribution in [0.25, 0.3) is 0 Å². The third-order valence-electron chi connectivity index (χ3n) is 5.27. The number of halogens is 3. The lowest BCUT2D eigenvalue weighted by atomic mass is 9.85. The Morgan fingerprint density at radius 2 is 1.63 bits per heavy atom. The summed E-state index contributed by atoms with van der Waals surface area (Å²) in [5.41, 5.74) is -2.27. The van der Waals surface area contributed by atoms with Gasteiger partial charge in [-0.05, 0) is 29.4 Å². The molecule has 0 spiro atoms. The van der Waals surface area contributed by atoms with Gasteiger partial charge in [-0.15, -0.1) is 0 Å². The summed E-state index contributed by atoms with van der Waals surface area (Å²) >= 11 is 0. The summed E-state index contributed by atoms with van der Waals surface area (Å²) in [6.07, 6.45) is -5.16. The first-order valence-corrected chi connectivity index (χ1v) is 11.0. The maximum atomic E-state index is 13.3. The largest absolute Gasteiger partial charge is 0.480 e.